The molecule has 1 aliphatic heterocycles. The van der Waals surface area contributed by atoms with Crippen LogP contribution in [0, 0.1) is 5.92 Å². The lowest BCUT2D eigenvalue weighted by Gasteiger charge is -2.34. The van der Waals surface area contributed by atoms with Gasteiger partial charge in [0.2, 0.25) is 11.9 Å². The highest BCUT2D eigenvalue weighted by Crippen LogP contribution is 2.26. The van der Waals surface area contributed by atoms with E-state index in [1.807, 2.05) is 6.07 Å². The average molecular weight is 332 g/mol. The van der Waals surface area contributed by atoms with Crippen molar-refractivity contribution in [1.29, 1.82) is 0 Å². The molecule has 0 bridgehead atoms. The highest BCUT2D eigenvalue weighted by Gasteiger charge is 2.26. The third kappa shape index (κ3) is 4.64. The van der Waals surface area contributed by atoms with Crippen LogP contribution in [0.1, 0.15) is 25.7 Å². The van der Waals surface area contributed by atoms with Gasteiger partial charge in [-0.25, -0.2) is 9.97 Å². The smallest absolute Gasteiger partial charge is 0.225 e. The van der Waals surface area contributed by atoms with Crippen LogP contribution in [0.4, 0.5) is 5.95 Å². The van der Waals surface area contributed by atoms with Gasteiger partial charge in [0, 0.05) is 64.1 Å². The lowest BCUT2D eigenvalue weighted by molar-refractivity contribution is -0.122. The topological polar surface area (TPSA) is 87.4 Å². The Hall–Kier alpha value is -1.73. The van der Waals surface area contributed by atoms with Crippen molar-refractivity contribution in [1.82, 2.24) is 20.2 Å². The number of piperazine rings is 1. The summed E-state index contributed by atoms with van der Waals surface area (Å²) in [6, 6.07) is 2.05. The van der Waals surface area contributed by atoms with Crippen molar-refractivity contribution >= 4 is 11.9 Å². The molecule has 2 aliphatic rings. The quantitative estimate of drug-likeness (QED) is 0.775. The van der Waals surface area contributed by atoms with Gasteiger partial charge in [0.1, 0.15) is 0 Å². The second-order valence-corrected chi connectivity index (χ2v) is 6.79. The van der Waals surface area contributed by atoms with Crippen LogP contribution in [-0.2, 0) is 4.79 Å². The summed E-state index contributed by atoms with van der Waals surface area (Å²) in [5, 5.41) is 3.05. The molecule has 0 radical (unpaired) electrons. The highest BCUT2D eigenvalue weighted by molar-refractivity contribution is 5.76. The number of amides is 1. The minimum Gasteiger partial charge on any atom is -0.355 e. The number of anilines is 1. The number of nitrogens with one attached hydrogen (secondary N) is 1. The average Bonchev–Trinajstić information content (AvgIpc) is 3.01. The van der Waals surface area contributed by atoms with Crippen molar-refractivity contribution in [3.8, 4) is 0 Å². The van der Waals surface area contributed by atoms with Crippen molar-refractivity contribution in [3.63, 3.8) is 0 Å². The molecule has 7 heteroatoms. The van der Waals surface area contributed by atoms with Gasteiger partial charge in [0.05, 0.1) is 0 Å². The summed E-state index contributed by atoms with van der Waals surface area (Å²) in [4.78, 5) is 25.2. The number of nitrogens with zero attached hydrogens (tertiary/aromatic N) is 4. The predicted octanol–water partition coefficient (Wildman–Crippen LogP) is 0.232. The van der Waals surface area contributed by atoms with Crippen LogP contribution in [0.25, 0.3) is 0 Å². The maximum Gasteiger partial charge on any atom is 0.225 e. The summed E-state index contributed by atoms with van der Waals surface area (Å²) >= 11 is 0. The summed E-state index contributed by atoms with van der Waals surface area (Å²) in [6.07, 6.45) is 7.46. The predicted molar refractivity (Wildman–Crippen MR) is 93.6 cm³/mol. The molecule has 1 amide bonds. The van der Waals surface area contributed by atoms with Crippen LogP contribution in [0.3, 0.4) is 0 Å². The van der Waals surface area contributed by atoms with E-state index in [2.05, 4.69) is 25.1 Å². The first-order valence-electron chi connectivity index (χ1n) is 8.99. The lowest BCUT2D eigenvalue weighted by Crippen LogP contribution is -2.49. The van der Waals surface area contributed by atoms with Crippen LogP contribution in [0.15, 0.2) is 18.5 Å². The van der Waals surface area contributed by atoms with E-state index in [4.69, 9.17) is 5.73 Å². The molecule has 0 spiro atoms. The van der Waals surface area contributed by atoms with E-state index in [-0.39, 0.29) is 11.9 Å². The van der Waals surface area contributed by atoms with Gasteiger partial charge in [0.15, 0.2) is 0 Å². The molecule has 3 N–H and O–H groups in total. The Bertz CT molecular complexity index is 517. The van der Waals surface area contributed by atoms with E-state index in [1.165, 1.54) is 0 Å². The van der Waals surface area contributed by atoms with Crippen molar-refractivity contribution < 1.29 is 4.79 Å². The van der Waals surface area contributed by atoms with Gasteiger partial charge >= 0.3 is 0 Å². The standard InChI is InChI=1S/C17H28N6O/c18-15-4-1-3-14(15)13-16(24)19-7-8-22-9-11-23(12-10-22)17-20-5-2-6-21-17/h2,5-6,14-15H,1,3-4,7-13,18H2,(H,19,24)/t14-,15+/m0/s1. The van der Waals surface area contributed by atoms with E-state index < -0.39 is 0 Å². The maximum atomic E-state index is 12.0. The monoisotopic (exact) mass is 332 g/mol. The number of rotatable bonds is 6. The molecule has 2 atom stereocenters. The van der Waals surface area contributed by atoms with E-state index >= 15 is 0 Å². The van der Waals surface area contributed by atoms with Gasteiger partial charge in [-0.2, -0.15) is 0 Å². The van der Waals surface area contributed by atoms with Gasteiger partial charge in [-0.15, -0.1) is 0 Å². The first-order chi connectivity index (χ1) is 11.7. The zero-order chi connectivity index (χ0) is 16.8. The summed E-state index contributed by atoms with van der Waals surface area (Å²) in [5.74, 6) is 1.33. The van der Waals surface area contributed by atoms with Crippen molar-refractivity contribution in [2.75, 3.05) is 44.2 Å². The Morgan fingerprint density at radius 2 is 1.96 bits per heavy atom. The summed E-state index contributed by atoms with van der Waals surface area (Å²) in [5.41, 5.74) is 6.03. The number of hydrogen-bond donors (Lipinski definition) is 2. The molecule has 0 unspecified atom stereocenters. The zero-order valence-corrected chi connectivity index (χ0v) is 14.2. The first-order valence-corrected chi connectivity index (χ1v) is 8.99. The second kappa shape index (κ2) is 8.39. The van der Waals surface area contributed by atoms with Gasteiger partial charge in [0.25, 0.3) is 0 Å². The normalized spacial score (nSPS) is 25.0. The largest absolute Gasteiger partial charge is 0.355 e. The molecule has 7 nitrogen and oxygen atoms in total. The van der Waals surface area contributed by atoms with Gasteiger partial charge in [-0.05, 0) is 24.8 Å². The first kappa shape index (κ1) is 17.1. The SMILES string of the molecule is N[C@@H]1CCC[C@H]1CC(=O)NCCN1CCN(c2ncccn2)CC1. The molecule has 2 fully saturated rings. The molecule has 132 valence electrons. The fourth-order valence-corrected chi connectivity index (χ4v) is 3.61. The zero-order valence-electron chi connectivity index (χ0n) is 14.2. The molecule has 1 aromatic heterocycles. The van der Waals surface area contributed by atoms with Crippen molar-refractivity contribution in [2.45, 2.75) is 31.7 Å². The number of carbonyl (C=O) groups is 1. The number of carbonyl (C=O) groups excluding carboxylic acids is 1. The Morgan fingerprint density at radius 1 is 1.21 bits per heavy atom. The van der Waals surface area contributed by atoms with Crippen LogP contribution in [0.5, 0.6) is 0 Å². The second-order valence-electron chi connectivity index (χ2n) is 6.79. The number of nitrogens with two attached hydrogens (primary N) is 1. The molecule has 0 aromatic carbocycles. The minimum absolute atomic E-state index is 0.147. The number of hydrogen-bond acceptors (Lipinski definition) is 6. The molecule has 2 heterocycles. The molecular formula is C17H28N6O. The van der Waals surface area contributed by atoms with Gasteiger partial charge in [-0.3, -0.25) is 9.69 Å². The summed E-state index contributed by atoms with van der Waals surface area (Å²) in [7, 11) is 0. The molecule has 1 saturated carbocycles. The van der Waals surface area contributed by atoms with E-state index in [9.17, 15) is 4.79 Å². The third-order valence-corrected chi connectivity index (χ3v) is 5.12. The Kier molecular flexibility index (Phi) is 5.98. The lowest BCUT2D eigenvalue weighted by atomic mass is 10.00. The van der Waals surface area contributed by atoms with Crippen LogP contribution in [-0.4, -0.2) is 66.1 Å². The van der Waals surface area contributed by atoms with Crippen molar-refractivity contribution in [2.24, 2.45) is 11.7 Å². The summed E-state index contributed by atoms with van der Waals surface area (Å²) < 4.78 is 0. The molecule has 1 saturated heterocycles. The van der Waals surface area contributed by atoms with Crippen molar-refractivity contribution in [3.05, 3.63) is 18.5 Å². The van der Waals surface area contributed by atoms with Crippen LogP contribution >= 0.6 is 0 Å². The van der Waals surface area contributed by atoms with Crippen LogP contribution < -0.4 is 16.0 Å². The van der Waals surface area contributed by atoms with Crippen LogP contribution in [0.2, 0.25) is 0 Å². The Morgan fingerprint density at radius 3 is 2.62 bits per heavy atom. The minimum atomic E-state index is 0.147. The molecule has 24 heavy (non-hydrogen) atoms. The van der Waals surface area contributed by atoms with E-state index in [0.29, 0.717) is 18.9 Å². The number of aromatic nitrogens is 2. The highest BCUT2D eigenvalue weighted by atomic mass is 16.1. The van der Waals surface area contributed by atoms with Gasteiger partial charge in [-0.1, -0.05) is 6.42 Å². The van der Waals surface area contributed by atoms with Gasteiger partial charge < -0.3 is 16.0 Å². The fraction of sp³-hybridized carbons (Fsp3) is 0.706. The Labute approximate surface area is 143 Å². The summed E-state index contributed by atoms with van der Waals surface area (Å²) in [6.45, 7) is 5.40. The fourth-order valence-electron chi connectivity index (χ4n) is 3.61. The Balaban J connectivity index is 1.31. The maximum absolute atomic E-state index is 12.0. The molecular weight excluding hydrogens is 304 g/mol. The van der Waals surface area contributed by atoms with E-state index in [0.717, 1.165) is 57.9 Å². The third-order valence-electron chi connectivity index (χ3n) is 5.12. The molecule has 3 rings (SSSR count). The molecule has 1 aliphatic carbocycles. The van der Waals surface area contributed by atoms with E-state index in [1.54, 1.807) is 12.4 Å². The molecule has 1 aromatic rings.